The summed E-state index contributed by atoms with van der Waals surface area (Å²) >= 11 is 0. The number of rotatable bonds is 15. The minimum absolute atomic E-state index is 1.07. The first kappa shape index (κ1) is 21.0. The molecular formula is C23H39N. The van der Waals surface area contributed by atoms with Crippen LogP contribution in [0.25, 0.3) is 6.08 Å². The lowest BCUT2D eigenvalue weighted by Gasteiger charge is -2.18. The Kier molecular flexibility index (Phi) is 13.5. The molecule has 0 radical (unpaired) electrons. The van der Waals surface area contributed by atoms with Gasteiger partial charge in [-0.2, -0.15) is 0 Å². The number of likely N-dealkylation sites (N-methyl/N-ethyl adjacent to an activating group) is 1. The van der Waals surface area contributed by atoms with Gasteiger partial charge in [0.25, 0.3) is 0 Å². The average Bonchev–Trinajstić information content (AvgIpc) is 2.62. The Morgan fingerprint density at radius 3 is 1.92 bits per heavy atom. The van der Waals surface area contributed by atoms with E-state index in [0.717, 1.165) is 13.1 Å². The summed E-state index contributed by atoms with van der Waals surface area (Å²) in [4.78, 5) is 2.55. The van der Waals surface area contributed by atoms with E-state index in [1.807, 2.05) is 0 Å². The van der Waals surface area contributed by atoms with Crippen LogP contribution in [-0.2, 0) is 0 Å². The van der Waals surface area contributed by atoms with Crippen molar-refractivity contribution in [1.29, 1.82) is 0 Å². The van der Waals surface area contributed by atoms with E-state index in [-0.39, 0.29) is 0 Å². The molecule has 0 aliphatic rings. The molecule has 0 unspecified atom stereocenters. The van der Waals surface area contributed by atoms with Gasteiger partial charge in [0, 0.05) is 6.54 Å². The molecule has 0 fully saturated rings. The third kappa shape index (κ3) is 11.5. The first-order valence-corrected chi connectivity index (χ1v) is 10.3. The van der Waals surface area contributed by atoms with Gasteiger partial charge in [-0.1, -0.05) is 114 Å². The molecule has 1 aromatic rings. The van der Waals surface area contributed by atoms with Crippen molar-refractivity contribution in [3.05, 3.63) is 42.0 Å². The molecule has 0 bridgehead atoms. The van der Waals surface area contributed by atoms with Gasteiger partial charge in [-0.15, -0.1) is 0 Å². The molecule has 0 amide bonds. The van der Waals surface area contributed by atoms with Gasteiger partial charge >= 0.3 is 0 Å². The van der Waals surface area contributed by atoms with Crippen LogP contribution in [0.15, 0.2) is 36.4 Å². The maximum absolute atomic E-state index is 2.55. The third-order valence-corrected chi connectivity index (χ3v) is 4.75. The minimum Gasteiger partial charge on any atom is -0.300 e. The van der Waals surface area contributed by atoms with Crippen molar-refractivity contribution in [1.82, 2.24) is 4.90 Å². The SMILES string of the molecule is CCCCCCCCCCCCN(CC)CC=Cc1ccccc1. The maximum Gasteiger partial charge on any atom is 0.0166 e. The van der Waals surface area contributed by atoms with Crippen molar-refractivity contribution in [2.24, 2.45) is 0 Å². The highest BCUT2D eigenvalue weighted by atomic mass is 15.1. The molecule has 0 aliphatic heterocycles. The molecule has 0 N–H and O–H groups in total. The van der Waals surface area contributed by atoms with Crippen LogP contribution in [0.3, 0.4) is 0 Å². The van der Waals surface area contributed by atoms with E-state index >= 15 is 0 Å². The van der Waals surface area contributed by atoms with Crippen molar-refractivity contribution in [3.8, 4) is 0 Å². The number of unbranched alkanes of at least 4 members (excludes halogenated alkanes) is 9. The van der Waals surface area contributed by atoms with Crippen LogP contribution in [0.1, 0.15) is 83.6 Å². The van der Waals surface area contributed by atoms with Gasteiger partial charge in [-0.05, 0) is 25.1 Å². The van der Waals surface area contributed by atoms with E-state index in [4.69, 9.17) is 0 Å². The lowest BCUT2D eigenvalue weighted by atomic mass is 10.1. The van der Waals surface area contributed by atoms with Crippen molar-refractivity contribution in [2.45, 2.75) is 78.1 Å². The topological polar surface area (TPSA) is 3.24 Å². The Morgan fingerprint density at radius 2 is 1.33 bits per heavy atom. The van der Waals surface area contributed by atoms with Crippen LogP contribution in [0.5, 0.6) is 0 Å². The van der Waals surface area contributed by atoms with Crippen LogP contribution in [0.4, 0.5) is 0 Å². The maximum atomic E-state index is 2.55. The number of nitrogens with zero attached hydrogens (tertiary/aromatic N) is 1. The van der Waals surface area contributed by atoms with E-state index in [9.17, 15) is 0 Å². The lowest BCUT2D eigenvalue weighted by molar-refractivity contribution is 0.309. The van der Waals surface area contributed by atoms with Gasteiger partial charge in [0.05, 0.1) is 0 Å². The predicted molar refractivity (Wildman–Crippen MR) is 109 cm³/mol. The van der Waals surface area contributed by atoms with Gasteiger partial charge in [-0.25, -0.2) is 0 Å². The Hall–Kier alpha value is -1.08. The van der Waals surface area contributed by atoms with E-state index in [1.165, 1.54) is 76.3 Å². The Morgan fingerprint density at radius 1 is 0.750 bits per heavy atom. The zero-order valence-corrected chi connectivity index (χ0v) is 16.2. The first-order valence-electron chi connectivity index (χ1n) is 10.3. The summed E-state index contributed by atoms with van der Waals surface area (Å²) in [5, 5.41) is 0. The second-order valence-corrected chi connectivity index (χ2v) is 6.89. The third-order valence-electron chi connectivity index (χ3n) is 4.75. The molecule has 0 saturated heterocycles. The molecule has 0 aliphatic carbocycles. The van der Waals surface area contributed by atoms with Gasteiger partial charge in [0.1, 0.15) is 0 Å². The van der Waals surface area contributed by atoms with Crippen molar-refractivity contribution in [2.75, 3.05) is 19.6 Å². The summed E-state index contributed by atoms with van der Waals surface area (Å²) in [5.41, 5.74) is 1.30. The van der Waals surface area contributed by atoms with E-state index in [0.29, 0.717) is 0 Å². The molecule has 0 saturated carbocycles. The highest BCUT2D eigenvalue weighted by molar-refractivity contribution is 5.48. The van der Waals surface area contributed by atoms with Gasteiger partial charge in [-0.3, -0.25) is 4.90 Å². The monoisotopic (exact) mass is 329 g/mol. The molecular weight excluding hydrogens is 290 g/mol. The second-order valence-electron chi connectivity index (χ2n) is 6.89. The fourth-order valence-electron chi connectivity index (χ4n) is 3.10. The average molecular weight is 330 g/mol. The lowest BCUT2D eigenvalue weighted by Crippen LogP contribution is -2.24. The molecule has 0 spiro atoms. The summed E-state index contributed by atoms with van der Waals surface area (Å²) in [6.45, 7) is 8.02. The molecule has 1 rings (SSSR count). The van der Waals surface area contributed by atoms with E-state index in [2.05, 4.69) is 61.2 Å². The molecule has 0 heterocycles. The van der Waals surface area contributed by atoms with Crippen LogP contribution in [0, 0.1) is 0 Å². The summed E-state index contributed by atoms with van der Waals surface area (Å²) < 4.78 is 0. The molecule has 0 aromatic heterocycles. The van der Waals surface area contributed by atoms with E-state index in [1.54, 1.807) is 0 Å². The minimum atomic E-state index is 1.07. The largest absolute Gasteiger partial charge is 0.300 e. The predicted octanol–water partition coefficient (Wildman–Crippen LogP) is 6.94. The quantitative estimate of drug-likeness (QED) is 0.315. The molecule has 1 nitrogen and oxygen atoms in total. The molecule has 136 valence electrons. The fraction of sp³-hybridized carbons (Fsp3) is 0.652. The van der Waals surface area contributed by atoms with Gasteiger partial charge in [0.15, 0.2) is 0 Å². The van der Waals surface area contributed by atoms with Crippen molar-refractivity contribution >= 4 is 6.08 Å². The van der Waals surface area contributed by atoms with Gasteiger partial charge < -0.3 is 0 Å². The molecule has 24 heavy (non-hydrogen) atoms. The van der Waals surface area contributed by atoms with Gasteiger partial charge in [0.2, 0.25) is 0 Å². The smallest absolute Gasteiger partial charge is 0.0166 e. The number of hydrogen-bond acceptors (Lipinski definition) is 1. The zero-order chi connectivity index (χ0) is 17.3. The summed E-state index contributed by atoms with van der Waals surface area (Å²) in [5.74, 6) is 0. The zero-order valence-electron chi connectivity index (χ0n) is 16.2. The molecule has 1 aromatic carbocycles. The second kappa shape index (κ2) is 15.4. The Balaban J connectivity index is 1.99. The highest BCUT2D eigenvalue weighted by Gasteiger charge is 1.99. The Labute approximate surface area is 151 Å². The van der Waals surface area contributed by atoms with Crippen LogP contribution in [0.2, 0.25) is 0 Å². The standard InChI is InChI=1S/C23H39N/c1-3-5-6-7-8-9-10-11-12-16-21-24(4-2)22-17-20-23-18-14-13-15-19-23/h13-15,17-20H,3-12,16,21-22H2,1-2H3. The number of hydrogen-bond donors (Lipinski definition) is 0. The molecule has 0 atom stereocenters. The normalized spacial score (nSPS) is 11.6. The summed E-state index contributed by atoms with van der Waals surface area (Å²) in [6, 6.07) is 10.6. The van der Waals surface area contributed by atoms with Crippen LogP contribution in [-0.4, -0.2) is 24.5 Å². The Bertz CT molecular complexity index is 396. The number of benzene rings is 1. The van der Waals surface area contributed by atoms with Crippen LogP contribution >= 0.6 is 0 Å². The van der Waals surface area contributed by atoms with Crippen molar-refractivity contribution in [3.63, 3.8) is 0 Å². The molecule has 1 heteroatoms. The van der Waals surface area contributed by atoms with Crippen LogP contribution < -0.4 is 0 Å². The summed E-state index contributed by atoms with van der Waals surface area (Å²) in [7, 11) is 0. The van der Waals surface area contributed by atoms with Crippen molar-refractivity contribution < 1.29 is 0 Å². The first-order chi connectivity index (χ1) is 11.9. The highest BCUT2D eigenvalue weighted by Crippen LogP contribution is 2.11. The van der Waals surface area contributed by atoms with E-state index < -0.39 is 0 Å². The fourth-order valence-corrected chi connectivity index (χ4v) is 3.10. The summed E-state index contributed by atoms with van der Waals surface area (Å²) in [6.07, 6.45) is 18.7.